The SMILES string of the molecule is CCCn1c(SCCC(C)N)n[nH]c1=O. The van der Waals surface area contributed by atoms with Crippen molar-refractivity contribution in [1.29, 1.82) is 0 Å². The monoisotopic (exact) mass is 230 g/mol. The zero-order chi connectivity index (χ0) is 11.3. The van der Waals surface area contributed by atoms with Crippen LogP contribution >= 0.6 is 11.8 Å². The van der Waals surface area contributed by atoms with E-state index >= 15 is 0 Å². The fourth-order valence-corrected chi connectivity index (χ4v) is 2.28. The van der Waals surface area contributed by atoms with Crippen molar-refractivity contribution in [3.63, 3.8) is 0 Å². The Morgan fingerprint density at radius 1 is 1.67 bits per heavy atom. The van der Waals surface area contributed by atoms with Gasteiger partial charge in [0.25, 0.3) is 0 Å². The highest BCUT2D eigenvalue weighted by Crippen LogP contribution is 2.14. The highest BCUT2D eigenvalue weighted by atomic mass is 32.2. The Hall–Kier alpha value is -0.750. The Balaban J connectivity index is 2.56. The average molecular weight is 230 g/mol. The molecule has 0 fully saturated rings. The second-order valence-corrected chi connectivity index (χ2v) is 4.64. The first-order chi connectivity index (χ1) is 7.15. The topological polar surface area (TPSA) is 76.7 Å². The van der Waals surface area contributed by atoms with Crippen LogP contribution in [0.25, 0.3) is 0 Å². The number of H-pyrrole nitrogens is 1. The Morgan fingerprint density at radius 2 is 2.40 bits per heavy atom. The van der Waals surface area contributed by atoms with Crippen molar-refractivity contribution in [2.45, 2.75) is 44.4 Å². The van der Waals surface area contributed by atoms with Crippen LogP contribution in [-0.2, 0) is 6.54 Å². The molecule has 15 heavy (non-hydrogen) atoms. The second kappa shape index (κ2) is 5.97. The van der Waals surface area contributed by atoms with Crippen LogP contribution in [0.5, 0.6) is 0 Å². The molecule has 1 rings (SSSR count). The number of thioether (sulfide) groups is 1. The summed E-state index contributed by atoms with van der Waals surface area (Å²) in [5.41, 5.74) is 5.52. The van der Waals surface area contributed by atoms with Crippen LogP contribution in [0.4, 0.5) is 0 Å². The van der Waals surface area contributed by atoms with E-state index in [0.29, 0.717) is 0 Å². The summed E-state index contributed by atoms with van der Waals surface area (Å²) < 4.78 is 1.67. The fraction of sp³-hybridized carbons (Fsp3) is 0.778. The number of nitrogens with zero attached hydrogens (tertiary/aromatic N) is 2. The molecule has 0 spiro atoms. The van der Waals surface area contributed by atoms with Gasteiger partial charge in [0.15, 0.2) is 5.16 Å². The standard InChI is InChI=1S/C9H18N4OS/c1-3-5-13-8(14)11-12-9(13)15-6-4-7(2)10/h7H,3-6,10H2,1-2H3,(H,11,14). The van der Waals surface area contributed by atoms with E-state index in [4.69, 9.17) is 5.73 Å². The van der Waals surface area contributed by atoms with E-state index in [1.165, 1.54) is 0 Å². The minimum absolute atomic E-state index is 0.125. The smallest absolute Gasteiger partial charge is 0.328 e. The summed E-state index contributed by atoms with van der Waals surface area (Å²) in [5.74, 6) is 0.895. The van der Waals surface area contributed by atoms with E-state index in [1.54, 1.807) is 16.3 Å². The van der Waals surface area contributed by atoms with E-state index in [9.17, 15) is 4.79 Å². The van der Waals surface area contributed by atoms with Crippen molar-refractivity contribution in [3.8, 4) is 0 Å². The summed E-state index contributed by atoms with van der Waals surface area (Å²) >= 11 is 1.58. The fourth-order valence-electron chi connectivity index (χ4n) is 1.17. The molecule has 5 nitrogen and oxygen atoms in total. The Labute approximate surface area is 93.4 Å². The number of rotatable bonds is 6. The van der Waals surface area contributed by atoms with E-state index in [0.717, 1.165) is 30.3 Å². The molecule has 86 valence electrons. The quantitative estimate of drug-likeness (QED) is 0.709. The molecule has 0 aliphatic heterocycles. The minimum atomic E-state index is -0.125. The third kappa shape index (κ3) is 3.71. The van der Waals surface area contributed by atoms with Crippen molar-refractivity contribution in [3.05, 3.63) is 10.5 Å². The lowest BCUT2D eigenvalue weighted by Gasteiger charge is -2.05. The third-order valence-electron chi connectivity index (χ3n) is 1.97. The molecule has 1 unspecified atom stereocenters. The molecule has 6 heteroatoms. The van der Waals surface area contributed by atoms with E-state index < -0.39 is 0 Å². The number of aromatic amines is 1. The number of hydrogen-bond acceptors (Lipinski definition) is 4. The summed E-state index contributed by atoms with van der Waals surface area (Å²) in [6.45, 7) is 4.73. The molecule has 0 saturated heterocycles. The lowest BCUT2D eigenvalue weighted by Crippen LogP contribution is -2.18. The van der Waals surface area contributed by atoms with Gasteiger partial charge in [-0.1, -0.05) is 18.7 Å². The normalized spacial score (nSPS) is 13.0. The van der Waals surface area contributed by atoms with Crippen LogP contribution in [0, 0.1) is 0 Å². The van der Waals surface area contributed by atoms with Crippen LogP contribution in [0.15, 0.2) is 9.95 Å². The summed E-state index contributed by atoms with van der Waals surface area (Å²) in [6, 6.07) is 0.197. The maximum Gasteiger partial charge on any atom is 0.343 e. The first kappa shape index (κ1) is 12.3. The van der Waals surface area contributed by atoms with Gasteiger partial charge in [-0.3, -0.25) is 4.57 Å². The van der Waals surface area contributed by atoms with Crippen LogP contribution in [-0.4, -0.2) is 26.6 Å². The molecule has 0 aliphatic rings. The van der Waals surface area contributed by atoms with Crippen molar-refractivity contribution in [1.82, 2.24) is 14.8 Å². The molecule has 1 heterocycles. The number of nitrogens with one attached hydrogen (secondary N) is 1. The molecule has 0 aromatic carbocycles. The van der Waals surface area contributed by atoms with Gasteiger partial charge in [-0.2, -0.15) is 0 Å². The van der Waals surface area contributed by atoms with Gasteiger partial charge in [-0.25, -0.2) is 9.89 Å². The highest BCUT2D eigenvalue weighted by Gasteiger charge is 2.07. The summed E-state index contributed by atoms with van der Waals surface area (Å²) in [6.07, 6.45) is 1.86. The number of nitrogens with two attached hydrogens (primary N) is 1. The predicted octanol–water partition coefficient (Wildman–Crippen LogP) is 0.811. The maximum atomic E-state index is 11.3. The van der Waals surface area contributed by atoms with Gasteiger partial charge in [0.2, 0.25) is 0 Å². The van der Waals surface area contributed by atoms with Crippen LogP contribution in [0.2, 0.25) is 0 Å². The molecule has 0 aliphatic carbocycles. The zero-order valence-corrected chi connectivity index (χ0v) is 10.0. The Bertz CT molecular complexity index is 344. The minimum Gasteiger partial charge on any atom is -0.328 e. The van der Waals surface area contributed by atoms with Crippen molar-refractivity contribution in [2.24, 2.45) is 5.73 Å². The van der Waals surface area contributed by atoms with Crippen molar-refractivity contribution < 1.29 is 0 Å². The van der Waals surface area contributed by atoms with Gasteiger partial charge in [0, 0.05) is 18.3 Å². The predicted molar refractivity (Wildman–Crippen MR) is 62.1 cm³/mol. The summed E-state index contributed by atoms with van der Waals surface area (Å²) in [7, 11) is 0. The van der Waals surface area contributed by atoms with Gasteiger partial charge >= 0.3 is 5.69 Å². The molecule has 0 radical (unpaired) electrons. The Morgan fingerprint density at radius 3 is 3.00 bits per heavy atom. The largest absolute Gasteiger partial charge is 0.343 e. The van der Waals surface area contributed by atoms with Gasteiger partial charge < -0.3 is 5.73 Å². The second-order valence-electron chi connectivity index (χ2n) is 3.58. The Kier molecular flexibility index (Phi) is 4.90. The molecule has 0 bridgehead atoms. The number of hydrogen-bond donors (Lipinski definition) is 2. The van der Waals surface area contributed by atoms with Crippen molar-refractivity contribution >= 4 is 11.8 Å². The van der Waals surface area contributed by atoms with E-state index in [-0.39, 0.29) is 11.7 Å². The van der Waals surface area contributed by atoms with Crippen LogP contribution in [0.1, 0.15) is 26.7 Å². The molecule has 1 aromatic heterocycles. The molecular weight excluding hydrogens is 212 g/mol. The zero-order valence-electron chi connectivity index (χ0n) is 9.19. The first-order valence-corrected chi connectivity index (χ1v) is 6.17. The van der Waals surface area contributed by atoms with Gasteiger partial charge in [0.1, 0.15) is 0 Å². The van der Waals surface area contributed by atoms with Crippen LogP contribution < -0.4 is 11.4 Å². The maximum absolute atomic E-state index is 11.3. The van der Waals surface area contributed by atoms with Gasteiger partial charge in [-0.05, 0) is 19.8 Å². The number of aromatic nitrogens is 3. The van der Waals surface area contributed by atoms with Gasteiger partial charge in [0.05, 0.1) is 0 Å². The lowest BCUT2D eigenvalue weighted by molar-refractivity contribution is 0.603. The lowest BCUT2D eigenvalue weighted by atomic mass is 10.3. The molecule has 3 N–H and O–H groups in total. The molecule has 1 aromatic rings. The molecule has 1 atom stereocenters. The average Bonchev–Trinajstić information content (AvgIpc) is 2.50. The summed E-state index contributed by atoms with van der Waals surface area (Å²) in [5, 5.41) is 7.21. The van der Waals surface area contributed by atoms with E-state index in [2.05, 4.69) is 10.2 Å². The third-order valence-corrected chi connectivity index (χ3v) is 2.98. The van der Waals surface area contributed by atoms with E-state index in [1.807, 2.05) is 13.8 Å². The van der Waals surface area contributed by atoms with Gasteiger partial charge in [-0.15, -0.1) is 5.10 Å². The molecular formula is C9H18N4OS. The molecule has 0 saturated carbocycles. The first-order valence-electron chi connectivity index (χ1n) is 5.18. The summed E-state index contributed by atoms with van der Waals surface area (Å²) in [4.78, 5) is 11.3. The van der Waals surface area contributed by atoms with Crippen molar-refractivity contribution in [2.75, 3.05) is 5.75 Å². The highest BCUT2D eigenvalue weighted by molar-refractivity contribution is 7.99. The van der Waals surface area contributed by atoms with Crippen LogP contribution in [0.3, 0.4) is 0 Å². The molecule has 0 amide bonds.